The molecule has 1 aromatic heterocycles. The van der Waals surface area contributed by atoms with Crippen molar-refractivity contribution in [2.45, 2.75) is 0 Å². The first-order valence-electron chi connectivity index (χ1n) is 1.85. The summed E-state index contributed by atoms with van der Waals surface area (Å²) in [5.41, 5.74) is 0. The van der Waals surface area contributed by atoms with Crippen molar-refractivity contribution in [3.63, 3.8) is 0 Å². The van der Waals surface area contributed by atoms with Crippen molar-refractivity contribution in [2.75, 3.05) is 0 Å². The Kier molecular flexibility index (Phi) is 8.77. The molecule has 0 atom stereocenters. The van der Waals surface area contributed by atoms with Crippen molar-refractivity contribution in [3.05, 3.63) is 30.6 Å². The average Bonchev–Trinajstić information content (AvgIpc) is 1.72. The molecule has 2 N–H and O–H groups in total. The van der Waals surface area contributed by atoms with E-state index in [0.29, 0.717) is 0 Å². The van der Waals surface area contributed by atoms with Crippen LogP contribution in [0.1, 0.15) is 0 Å². The topological polar surface area (TPSA) is 44.4 Å². The van der Waals surface area contributed by atoms with Crippen LogP contribution in [0.15, 0.2) is 30.6 Å². The SMILES string of the molecule is O.[Cu].c1ccncc1. The molecule has 0 aliphatic rings. The van der Waals surface area contributed by atoms with Crippen molar-refractivity contribution in [1.82, 2.24) is 4.98 Å². The van der Waals surface area contributed by atoms with Gasteiger partial charge in [-0.05, 0) is 12.1 Å². The molecule has 0 fully saturated rings. The quantitative estimate of drug-likeness (QED) is 0.502. The van der Waals surface area contributed by atoms with Gasteiger partial charge in [0.25, 0.3) is 0 Å². The van der Waals surface area contributed by atoms with Crippen molar-refractivity contribution in [1.29, 1.82) is 0 Å². The second-order valence-corrected chi connectivity index (χ2v) is 1.02. The van der Waals surface area contributed by atoms with Crippen molar-refractivity contribution < 1.29 is 22.5 Å². The molecule has 8 heavy (non-hydrogen) atoms. The average molecular weight is 161 g/mol. The number of rotatable bonds is 0. The number of hydrogen-bond donors (Lipinski definition) is 0. The minimum Gasteiger partial charge on any atom is -0.412 e. The molecule has 0 aliphatic heterocycles. The summed E-state index contributed by atoms with van der Waals surface area (Å²) >= 11 is 0. The van der Waals surface area contributed by atoms with Gasteiger partial charge in [-0.25, -0.2) is 0 Å². The second kappa shape index (κ2) is 6.63. The maximum atomic E-state index is 3.78. The Hall–Kier alpha value is -0.371. The van der Waals surface area contributed by atoms with Gasteiger partial charge in [0.2, 0.25) is 0 Å². The van der Waals surface area contributed by atoms with Gasteiger partial charge in [0.05, 0.1) is 0 Å². The van der Waals surface area contributed by atoms with Gasteiger partial charge in [0, 0.05) is 29.5 Å². The van der Waals surface area contributed by atoms with E-state index < -0.39 is 0 Å². The van der Waals surface area contributed by atoms with Crippen LogP contribution in [-0.4, -0.2) is 10.5 Å². The Labute approximate surface area is 58.7 Å². The van der Waals surface area contributed by atoms with Gasteiger partial charge in [-0.1, -0.05) is 6.07 Å². The van der Waals surface area contributed by atoms with Crippen LogP contribution in [0.3, 0.4) is 0 Å². The molecule has 2 nitrogen and oxygen atoms in total. The van der Waals surface area contributed by atoms with E-state index in [1.54, 1.807) is 12.4 Å². The maximum absolute atomic E-state index is 3.78. The molecular formula is C5H7CuNO. The van der Waals surface area contributed by atoms with Crippen molar-refractivity contribution in [3.8, 4) is 0 Å². The molecule has 0 saturated carbocycles. The van der Waals surface area contributed by atoms with E-state index in [4.69, 9.17) is 0 Å². The van der Waals surface area contributed by atoms with E-state index in [9.17, 15) is 0 Å². The van der Waals surface area contributed by atoms with Gasteiger partial charge in [-0.2, -0.15) is 0 Å². The third-order valence-corrected chi connectivity index (χ3v) is 0.566. The normalized spacial score (nSPS) is 6.00. The van der Waals surface area contributed by atoms with Gasteiger partial charge >= 0.3 is 0 Å². The molecule has 0 spiro atoms. The van der Waals surface area contributed by atoms with Gasteiger partial charge < -0.3 is 5.48 Å². The largest absolute Gasteiger partial charge is 0.412 e. The Bertz CT molecular complexity index is 84.4. The smallest absolute Gasteiger partial charge is 0.0267 e. The zero-order valence-electron chi connectivity index (χ0n) is 4.14. The molecule has 1 heterocycles. The summed E-state index contributed by atoms with van der Waals surface area (Å²) in [6, 6.07) is 5.72. The molecule has 1 aromatic rings. The predicted molar refractivity (Wildman–Crippen MR) is 27.9 cm³/mol. The molecule has 0 aromatic carbocycles. The first-order valence-corrected chi connectivity index (χ1v) is 1.85. The van der Waals surface area contributed by atoms with Crippen molar-refractivity contribution in [2.24, 2.45) is 0 Å². The first-order chi connectivity index (χ1) is 3.00. The Balaban J connectivity index is 0. The number of pyridine rings is 1. The van der Waals surface area contributed by atoms with Crippen LogP contribution < -0.4 is 0 Å². The zero-order chi connectivity index (χ0) is 4.24. The van der Waals surface area contributed by atoms with Crippen LogP contribution in [0, 0.1) is 0 Å². The Morgan fingerprint density at radius 1 is 0.875 bits per heavy atom. The van der Waals surface area contributed by atoms with Gasteiger partial charge in [0.1, 0.15) is 0 Å². The molecule has 0 aliphatic carbocycles. The van der Waals surface area contributed by atoms with E-state index in [2.05, 4.69) is 4.98 Å². The summed E-state index contributed by atoms with van der Waals surface area (Å²) in [6.45, 7) is 0. The summed E-state index contributed by atoms with van der Waals surface area (Å²) in [5.74, 6) is 0. The molecule has 0 saturated heterocycles. The molecule has 3 heteroatoms. The zero-order valence-corrected chi connectivity index (χ0v) is 5.08. The third-order valence-electron chi connectivity index (χ3n) is 0.566. The summed E-state index contributed by atoms with van der Waals surface area (Å²) in [6.07, 6.45) is 3.50. The number of aromatic nitrogens is 1. The molecule has 49 valence electrons. The fourth-order valence-electron chi connectivity index (χ4n) is 0.313. The number of nitrogens with zero attached hydrogens (tertiary/aromatic N) is 1. The predicted octanol–water partition coefficient (Wildman–Crippen LogP) is 0.254. The molecule has 0 amide bonds. The summed E-state index contributed by atoms with van der Waals surface area (Å²) in [5, 5.41) is 0. The molecule has 0 unspecified atom stereocenters. The first kappa shape index (κ1) is 10.6. The molecule has 1 rings (SSSR count). The van der Waals surface area contributed by atoms with Gasteiger partial charge in [-0.3, -0.25) is 4.98 Å². The van der Waals surface area contributed by atoms with Crippen LogP contribution in [-0.2, 0) is 17.1 Å². The van der Waals surface area contributed by atoms with Crippen LogP contribution in [0.25, 0.3) is 0 Å². The summed E-state index contributed by atoms with van der Waals surface area (Å²) in [4.78, 5) is 3.78. The van der Waals surface area contributed by atoms with Crippen LogP contribution in [0.2, 0.25) is 0 Å². The molecular weight excluding hydrogens is 154 g/mol. The minimum absolute atomic E-state index is 0. The maximum Gasteiger partial charge on any atom is 0.0267 e. The van der Waals surface area contributed by atoms with Crippen LogP contribution >= 0.6 is 0 Å². The summed E-state index contributed by atoms with van der Waals surface area (Å²) < 4.78 is 0. The van der Waals surface area contributed by atoms with Crippen molar-refractivity contribution >= 4 is 0 Å². The molecule has 1 radical (unpaired) electrons. The Morgan fingerprint density at radius 2 is 1.38 bits per heavy atom. The standard InChI is InChI=1S/C5H5N.Cu.H2O/c1-2-4-6-5-3-1;;/h1-5H;;1H2. The van der Waals surface area contributed by atoms with Gasteiger partial charge in [0.15, 0.2) is 0 Å². The fraction of sp³-hybridized carbons (Fsp3) is 0. The van der Waals surface area contributed by atoms with Gasteiger partial charge in [-0.15, -0.1) is 0 Å². The second-order valence-electron chi connectivity index (χ2n) is 1.02. The van der Waals surface area contributed by atoms with E-state index in [1.165, 1.54) is 0 Å². The van der Waals surface area contributed by atoms with E-state index in [1.807, 2.05) is 18.2 Å². The summed E-state index contributed by atoms with van der Waals surface area (Å²) in [7, 11) is 0. The number of hydrogen-bond acceptors (Lipinski definition) is 1. The van der Waals surface area contributed by atoms with E-state index in [0.717, 1.165) is 0 Å². The monoisotopic (exact) mass is 160 g/mol. The van der Waals surface area contributed by atoms with Crippen LogP contribution in [0.4, 0.5) is 0 Å². The Morgan fingerprint density at radius 3 is 1.50 bits per heavy atom. The fourth-order valence-corrected chi connectivity index (χ4v) is 0.313. The van der Waals surface area contributed by atoms with E-state index >= 15 is 0 Å². The third kappa shape index (κ3) is 3.81. The van der Waals surface area contributed by atoms with Crippen LogP contribution in [0.5, 0.6) is 0 Å². The minimum atomic E-state index is 0. The molecule has 0 bridgehead atoms. The van der Waals surface area contributed by atoms with E-state index in [-0.39, 0.29) is 22.5 Å².